The lowest BCUT2D eigenvalue weighted by atomic mass is 10.1. The molecule has 1 atom stereocenters. The van der Waals surface area contributed by atoms with Crippen LogP contribution in [0.4, 0.5) is 5.00 Å². The Morgan fingerprint density at radius 1 is 1.47 bits per heavy atom. The van der Waals surface area contributed by atoms with E-state index in [1.54, 1.807) is 0 Å². The van der Waals surface area contributed by atoms with Crippen molar-refractivity contribution in [3.05, 3.63) is 16.0 Å². The molecular formula is C12H17N3OS. The molecule has 0 aliphatic heterocycles. The maximum atomic E-state index is 11.8. The van der Waals surface area contributed by atoms with Crippen molar-refractivity contribution in [3.8, 4) is 6.07 Å². The smallest absolute Gasteiger partial charge is 0.242 e. The summed E-state index contributed by atoms with van der Waals surface area (Å²) in [6.45, 7) is 7.59. The van der Waals surface area contributed by atoms with Crippen LogP contribution in [0.3, 0.4) is 0 Å². The molecule has 0 spiro atoms. The molecule has 17 heavy (non-hydrogen) atoms. The number of carbonyl (C=O) groups is 1. The summed E-state index contributed by atoms with van der Waals surface area (Å²) in [6, 6.07) is 1.56. The van der Waals surface area contributed by atoms with Crippen LogP contribution in [0.2, 0.25) is 0 Å². The molecule has 1 amide bonds. The first-order chi connectivity index (χ1) is 7.88. The van der Waals surface area contributed by atoms with Crippen LogP contribution < -0.4 is 11.1 Å². The molecule has 0 unspecified atom stereocenters. The van der Waals surface area contributed by atoms with Crippen LogP contribution >= 0.6 is 11.3 Å². The molecule has 0 saturated heterocycles. The fraction of sp³-hybridized carbons (Fsp3) is 0.500. The summed E-state index contributed by atoms with van der Waals surface area (Å²) in [5, 5.41) is 12.4. The Balaban J connectivity index is 2.94. The average Bonchev–Trinajstić information content (AvgIpc) is 2.53. The number of nitriles is 1. The topological polar surface area (TPSA) is 78.9 Å². The van der Waals surface area contributed by atoms with Crippen molar-refractivity contribution in [3.63, 3.8) is 0 Å². The molecule has 92 valence electrons. The fourth-order valence-electron chi connectivity index (χ4n) is 1.35. The van der Waals surface area contributed by atoms with Gasteiger partial charge < -0.3 is 11.1 Å². The van der Waals surface area contributed by atoms with E-state index in [9.17, 15) is 4.79 Å². The first-order valence-electron chi connectivity index (χ1n) is 5.45. The second-order valence-electron chi connectivity index (χ2n) is 4.36. The molecule has 0 radical (unpaired) electrons. The van der Waals surface area contributed by atoms with E-state index < -0.39 is 6.04 Å². The number of aryl methyl sites for hydroxylation is 1. The van der Waals surface area contributed by atoms with E-state index in [2.05, 4.69) is 11.4 Å². The van der Waals surface area contributed by atoms with Crippen molar-refractivity contribution in [2.45, 2.75) is 33.7 Å². The third-order valence-electron chi connectivity index (χ3n) is 2.75. The number of rotatable bonds is 3. The number of thiophene rings is 1. The molecule has 0 bridgehead atoms. The molecule has 0 aliphatic carbocycles. The van der Waals surface area contributed by atoms with Gasteiger partial charge in [0.15, 0.2) is 0 Å². The zero-order valence-electron chi connectivity index (χ0n) is 10.5. The van der Waals surface area contributed by atoms with Gasteiger partial charge in [-0.3, -0.25) is 4.79 Å². The van der Waals surface area contributed by atoms with Crippen LogP contribution in [0.1, 0.15) is 29.9 Å². The van der Waals surface area contributed by atoms with E-state index in [1.807, 2.05) is 27.7 Å². The van der Waals surface area contributed by atoms with Crippen molar-refractivity contribution in [2.24, 2.45) is 11.7 Å². The van der Waals surface area contributed by atoms with E-state index in [0.29, 0.717) is 10.6 Å². The van der Waals surface area contributed by atoms with Gasteiger partial charge in [0.05, 0.1) is 11.6 Å². The number of hydrogen-bond donors (Lipinski definition) is 2. The maximum absolute atomic E-state index is 11.8. The summed E-state index contributed by atoms with van der Waals surface area (Å²) in [5.74, 6) is -0.166. The highest BCUT2D eigenvalue weighted by molar-refractivity contribution is 7.16. The molecule has 4 nitrogen and oxygen atoms in total. The fourth-order valence-corrected chi connectivity index (χ4v) is 2.36. The van der Waals surface area contributed by atoms with Gasteiger partial charge in [0, 0.05) is 4.88 Å². The van der Waals surface area contributed by atoms with Gasteiger partial charge >= 0.3 is 0 Å². The van der Waals surface area contributed by atoms with E-state index in [4.69, 9.17) is 11.0 Å². The van der Waals surface area contributed by atoms with Crippen molar-refractivity contribution in [1.82, 2.24) is 0 Å². The highest BCUT2D eigenvalue weighted by Gasteiger charge is 2.20. The molecule has 1 aromatic heterocycles. The largest absolute Gasteiger partial charge is 0.320 e. The standard InChI is InChI=1S/C12H17N3OS/c1-6(2)10(14)11(16)15-12-9(5-13)7(3)8(4)17-12/h6,10H,14H2,1-4H3,(H,15,16)/t10-/m1/s1. The first-order valence-corrected chi connectivity index (χ1v) is 6.26. The zero-order valence-corrected chi connectivity index (χ0v) is 11.3. The van der Waals surface area contributed by atoms with Crippen molar-refractivity contribution in [2.75, 3.05) is 5.32 Å². The van der Waals surface area contributed by atoms with Gasteiger partial charge in [-0.2, -0.15) is 5.26 Å². The Labute approximate surface area is 105 Å². The monoisotopic (exact) mass is 251 g/mol. The molecule has 0 saturated carbocycles. The summed E-state index contributed by atoms with van der Waals surface area (Å²) < 4.78 is 0. The summed E-state index contributed by atoms with van der Waals surface area (Å²) in [5.41, 5.74) is 7.21. The highest BCUT2D eigenvalue weighted by atomic mass is 32.1. The van der Waals surface area contributed by atoms with Crippen LogP contribution in [-0.4, -0.2) is 11.9 Å². The molecule has 0 fully saturated rings. The van der Waals surface area contributed by atoms with E-state index in [-0.39, 0.29) is 11.8 Å². The third-order valence-corrected chi connectivity index (χ3v) is 3.88. The number of amides is 1. The number of anilines is 1. The molecule has 5 heteroatoms. The maximum Gasteiger partial charge on any atom is 0.242 e. The quantitative estimate of drug-likeness (QED) is 0.864. The molecular weight excluding hydrogens is 234 g/mol. The third kappa shape index (κ3) is 2.84. The van der Waals surface area contributed by atoms with Crippen LogP contribution in [0.25, 0.3) is 0 Å². The lowest BCUT2D eigenvalue weighted by Gasteiger charge is -2.14. The van der Waals surface area contributed by atoms with Gasteiger partial charge in [0.1, 0.15) is 11.1 Å². The van der Waals surface area contributed by atoms with Crippen molar-refractivity contribution in [1.29, 1.82) is 5.26 Å². The number of nitrogens with two attached hydrogens (primary N) is 1. The Morgan fingerprint density at radius 3 is 2.53 bits per heavy atom. The number of nitrogens with one attached hydrogen (secondary N) is 1. The van der Waals surface area contributed by atoms with Gasteiger partial charge in [-0.05, 0) is 25.3 Å². The average molecular weight is 251 g/mol. The van der Waals surface area contributed by atoms with E-state index in [0.717, 1.165) is 10.4 Å². The van der Waals surface area contributed by atoms with Crippen molar-refractivity contribution >= 4 is 22.2 Å². The van der Waals surface area contributed by atoms with Crippen molar-refractivity contribution < 1.29 is 4.79 Å². The first kappa shape index (κ1) is 13.7. The predicted octanol–water partition coefficient (Wildman–Crippen LogP) is 2.16. The second-order valence-corrected chi connectivity index (χ2v) is 5.58. The minimum atomic E-state index is -0.552. The van der Waals surface area contributed by atoms with Gasteiger partial charge in [-0.1, -0.05) is 13.8 Å². The molecule has 1 heterocycles. The van der Waals surface area contributed by atoms with Crippen LogP contribution in [0.5, 0.6) is 0 Å². The van der Waals surface area contributed by atoms with Gasteiger partial charge in [0.25, 0.3) is 0 Å². The Kier molecular flexibility index (Phi) is 4.27. The molecule has 0 aromatic carbocycles. The second kappa shape index (κ2) is 5.30. The van der Waals surface area contributed by atoms with Gasteiger partial charge in [-0.15, -0.1) is 11.3 Å². The molecule has 3 N–H and O–H groups in total. The SMILES string of the molecule is Cc1sc(NC(=O)[C@H](N)C(C)C)c(C#N)c1C. The summed E-state index contributed by atoms with van der Waals surface area (Å²) in [4.78, 5) is 12.8. The number of hydrogen-bond acceptors (Lipinski definition) is 4. The number of nitrogens with zero attached hydrogens (tertiary/aromatic N) is 1. The Hall–Kier alpha value is -1.38. The Morgan fingerprint density at radius 2 is 2.06 bits per heavy atom. The molecule has 1 aromatic rings. The normalized spacial score (nSPS) is 12.3. The minimum Gasteiger partial charge on any atom is -0.320 e. The summed E-state index contributed by atoms with van der Waals surface area (Å²) in [7, 11) is 0. The van der Waals surface area contributed by atoms with Gasteiger partial charge in [-0.25, -0.2) is 0 Å². The minimum absolute atomic E-state index is 0.0719. The van der Waals surface area contributed by atoms with Crippen LogP contribution in [0.15, 0.2) is 0 Å². The zero-order chi connectivity index (χ0) is 13.2. The Bertz CT molecular complexity index is 471. The van der Waals surface area contributed by atoms with E-state index >= 15 is 0 Å². The predicted molar refractivity (Wildman–Crippen MR) is 70.0 cm³/mol. The summed E-state index contributed by atoms with van der Waals surface area (Å²) >= 11 is 1.41. The van der Waals surface area contributed by atoms with Crippen LogP contribution in [0, 0.1) is 31.1 Å². The lowest BCUT2D eigenvalue weighted by Crippen LogP contribution is -2.39. The molecule has 1 rings (SSSR count). The summed E-state index contributed by atoms with van der Waals surface area (Å²) in [6.07, 6.45) is 0. The van der Waals surface area contributed by atoms with Gasteiger partial charge in [0.2, 0.25) is 5.91 Å². The highest BCUT2D eigenvalue weighted by Crippen LogP contribution is 2.31. The number of carbonyl (C=O) groups excluding carboxylic acids is 1. The lowest BCUT2D eigenvalue weighted by molar-refractivity contribution is -0.118. The van der Waals surface area contributed by atoms with E-state index in [1.165, 1.54) is 11.3 Å². The van der Waals surface area contributed by atoms with Crippen LogP contribution in [-0.2, 0) is 4.79 Å². The molecule has 0 aliphatic rings.